The molecular weight excluding hydrogens is 234 g/mol. The summed E-state index contributed by atoms with van der Waals surface area (Å²) in [4.78, 5) is 22.7. The predicted octanol–water partition coefficient (Wildman–Crippen LogP) is 1.28. The Morgan fingerprint density at radius 2 is 2.00 bits per heavy atom. The largest absolute Gasteiger partial charge is 0.328 e. The molecule has 0 bridgehead atoms. The Morgan fingerprint density at radius 1 is 1.23 bits per heavy atom. The number of carbonyl (C=O) groups is 2. The van der Waals surface area contributed by atoms with E-state index in [9.17, 15) is 9.59 Å². The van der Waals surface area contributed by atoms with Crippen LogP contribution >= 0.6 is 15.9 Å². The first kappa shape index (κ1) is 8.94. The summed E-state index contributed by atoms with van der Waals surface area (Å²) in [5.41, 5.74) is 1.64. The molecule has 0 aromatic carbocycles. The van der Waals surface area contributed by atoms with Gasteiger partial charge in [-0.25, -0.2) is 0 Å². The van der Waals surface area contributed by atoms with Gasteiger partial charge in [0.25, 0.3) is 0 Å². The van der Waals surface area contributed by atoms with Crippen LogP contribution in [0, 0.1) is 0 Å². The van der Waals surface area contributed by atoms with Crippen molar-refractivity contribution in [2.24, 2.45) is 0 Å². The van der Waals surface area contributed by atoms with Crippen LogP contribution in [-0.2, 0) is 9.59 Å². The maximum absolute atomic E-state index is 11.5. The number of hydrogen-bond donors (Lipinski definition) is 1. The number of amides is 1. The molecule has 1 heterocycles. The minimum Gasteiger partial charge on any atom is -0.328 e. The molecule has 1 amide bonds. The first-order valence-electron chi connectivity index (χ1n) is 4.38. The second kappa shape index (κ2) is 3.25. The molecule has 1 atom stereocenters. The summed E-state index contributed by atoms with van der Waals surface area (Å²) in [6.45, 7) is 0. The molecule has 2 aliphatic rings. The van der Waals surface area contributed by atoms with Gasteiger partial charge in [-0.3, -0.25) is 9.59 Å². The van der Waals surface area contributed by atoms with E-state index in [0.717, 1.165) is 17.7 Å². The predicted molar refractivity (Wildman–Crippen MR) is 51.4 cm³/mol. The van der Waals surface area contributed by atoms with E-state index in [4.69, 9.17) is 0 Å². The number of alkyl halides is 1. The molecule has 1 unspecified atom stereocenters. The molecule has 70 valence electrons. The number of carbonyl (C=O) groups excluding carboxylic acids is 2. The van der Waals surface area contributed by atoms with Crippen molar-refractivity contribution in [3.05, 3.63) is 11.3 Å². The van der Waals surface area contributed by atoms with E-state index in [0.29, 0.717) is 19.3 Å². The molecule has 0 radical (unpaired) electrons. The SMILES string of the molecule is O=C1CCC2=C(N1)C(Br)CCC2=O. The fraction of sp³-hybridized carbons (Fsp3) is 0.556. The number of rotatable bonds is 0. The molecule has 0 spiro atoms. The fourth-order valence-electron chi connectivity index (χ4n) is 1.77. The van der Waals surface area contributed by atoms with E-state index in [1.165, 1.54) is 0 Å². The van der Waals surface area contributed by atoms with Crippen molar-refractivity contribution in [2.45, 2.75) is 30.5 Å². The Morgan fingerprint density at radius 3 is 2.77 bits per heavy atom. The van der Waals surface area contributed by atoms with Crippen LogP contribution in [0.1, 0.15) is 25.7 Å². The van der Waals surface area contributed by atoms with Crippen LogP contribution in [0.5, 0.6) is 0 Å². The van der Waals surface area contributed by atoms with Crippen LogP contribution in [-0.4, -0.2) is 16.5 Å². The van der Waals surface area contributed by atoms with Crippen LogP contribution < -0.4 is 5.32 Å². The smallest absolute Gasteiger partial charge is 0.224 e. The van der Waals surface area contributed by atoms with E-state index in [1.807, 2.05) is 0 Å². The highest BCUT2D eigenvalue weighted by molar-refractivity contribution is 9.09. The van der Waals surface area contributed by atoms with E-state index >= 15 is 0 Å². The van der Waals surface area contributed by atoms with Gasteiger partial charge in [0.2, 0.25) is 5.91 Å². The monoisotopic (exact) mass is 243 g/mol. The quantitative estimate of drug-likeness (QED) is 0.652. The Kier molecular flexibility index (Phi) is 2.24. The number of nitrogens with one attached hydrogen (secondary N) is 1. The summed E-state index contributed by atoms with van der Waals surface area (Å²) < 4.78 is 0. The highest BCUT2D eigenvalue weighted by Gasteiger charge is 2.30. The molecule has 1 N–H and O–H groups in total. The summed E-state index contributed by atoms with van der Waals surface area (Å²) in [6.07, 6.45) is 2.45. The third kappa shape index (κ3) is 1.55. The van der Waals surface area contributed by atoms with Crippen molar-refractivity contribution in [1.29, 1.82) is 0 Å². The zero-order valence-electron chi connectivity index (χ0n) is 7.10. The fourth-order valence-corrected chi connectivity index (χ4v) is 2.39. The van der Waals surface area contributed by atoms with Gasteiger partial charge < -0.3 is 5.32 Å². The van der Waals surface area contributed by atoms with Crippen molar-refractivity contribution in [3.63, 3.8) is 0 Å². The molecule has 3 nitrogen and oxygen atoms in total. The highest BCUT2D eigenvalue weighted by atomic mass is 79.9. The van der Waals surface area contributed by atoms with Gasteiger partial charge in [-0.2, -0.15) is 0 Å². The van der Waals surface area contributed by atoms with Crippen molar-refractivity contribution in [2.75, 3.05) is 0 Å². The molecule has 0 aromatic rings. The molecule has 1 aliphatic carbocycles. The van der Waals surface area contributed by atoms with Crippen LogP contribution in [0.15, 0.2) is 11.3 Å². The molecule has 0 fully saturated rings. The number of ketones is 1. The van der Waals surface area contributed by atoms with Gasteiger partial charge in [-0.1, -0.05) is 15.9 Å². The molecule has 13 heavy (non-hydrogen) atoms. The number of halogens is 1. The highest BCUT2D eigenvalue weighted by Crippen LogP contribution is 2.31. The van der Waals surface area contributed by atoms with Crippen molar-refractivity contribution < 1.29 is 9.59 Å². The van der Waals surface area contributed by atoms with Crippen molar-refractivity contribution >= 4 is 27.6 Å². The van der Waals surface area contributed by atoms with Crippen LogP contribution in [0.4, 0.5) is 0 Å². The maximum Gasteiger partial charge on any atom is 0.224 e. The summed E-state index contributed by atoms with van der Waals surface area (Å²) >= 11 is 3.46. The van der Waals surface area contributed by atoms with Gasteiger partial charge >= 0.3 is 0 Å². The van der Waals surface area contributed by atoms with E-state index < -0.39 is 0 Å². The average Bonchev–Trinajstić information content (AvgIpc) is 2.12. The summed E-state index contributed by atoms with van der Waals surface area (Å²) in [6, 6.07) is 0. The van der Waals surface area contributed by atoms with Crippen molar-refractivity contribution in [1.82, 2.24) is 5.32 Å². The second-order valence-electron chi connectivity index (χ2n) is 3.37. The molecule has 4 heteroatoms. The van der Waals surface area contributed by atoms with Gasteiger partial charge in [-0.05, 0) is 12.8 Å². The lowest BCUT2D eigenvalue weighted by Crippen LogP contribution is -2.37. The van der Waals surface area contributed by atoms with Crippen LogP contribution in [0.3, 0.4) is 0 Å². The van der Waals surface area contributed by atoms with Gasteiger partial charge in [0.05, 0.1) is 4.83 Å². The van der Waals surface area contributed by atoms with E-state index in [1.54, 1.807) is 0 Å². The third-order valence-corrected chi connectivity index (χ3v) is 3.39. The number of hydrogen-bond acceptors (Lipinski definition) is 2. The van der Waals surface area contributed by atoms with Crippen LogP contribution in [0.2, 0.25) is 0 Å². The summed E-state index contributed by atoms with van der Waals surface area (Å²) in [5.74, 6) is 0.226. The average molecular weight is 244 g/mol. The molecule has 1 aliphatic heterocycles. The Bertz CT molecular complexity index is 309. The summed E-state index contributed by atoms with van der Waals surface area (Å²) in [7, 11) is 0. The minimum absolute atomic E-state index is 0.0258. The third-order valence-electron chi connectivity index (χ3n) is 2.48. The lowest BCUT2D eigenvalue weighted by atomic mass is 9.89. The van der Waals surface area contributed by atoms with Gasteiger partial charge in [0.15, 0.2) is 5.78 Å². The Labute approximate surface area is 84.7 Å². The number of Topliss-reactive ketones (excluding diaryl/α,β-unsaturated/α-hetero) is 1. The zero-order chi connectivity index (χ0) is 9.42. The first-order chi connectivity index (χ1) is 6.18. The number of allylic oxidation sites excluding steroid dienone is 2. The molecule has 0 saturated heterocycles. The Balaban J connectivity index is 2.36. The lowest BCUT2D eigenvalue weighted by molar-refractivity contribution is -0.121. The standard InChI is InChI=1S/C9H10BrNO2/c10-6-2-3-7(12)5-1-4-8(13)11-9(5)6/h6H,1-4H2,(H,11,13). The van der Waals surface area contributed by atoms with E-state index in [2.05, 4.69) is 21.2 Å². The van der Waals surface area contributed by atoms with Gasteiger partial charge in [0.1, 0.15) is 0 Å². The normalized spacial score (nSPS) is 28.5. The summed E-state index contributed by atoms with van der Waals surface area (Å²) in [5, 5.41) is 2.77. The molecule has 2 rings (SSSR count). The minimum atomic E-state index is 0.0258. The Hall–Kier alpha value is -0.640. The molecule has 0 aromatic heterocycles. The van der Waals surface area contributed by atoms with Crippen molar-refractivity contribution in [3.8, 4) is 0 Å². The zero-order valence-corrected chi connectivity index (χ0v) is 8.69. The lowest BCUT2D eigenvalue weighted by Gasteiger charge is -2.27. The maximum atomic E-state index is 11.5. The van der Waals surface area contributed by atoms with Gasteiger partial charge in [-0.15, -0.1) is 0 Å². The molecule has 0 saturated carbocycles. The van der Waals surface area contributed by atoms with Crippen LogP contribution in [0.25, 0.3) is 0 Å². The second-order valence-corrected chi connectivity index (χ2v) is 4.48. The molecular formula is C9H10BrNO2. The first-order valence-corrected chi connectivity index (χ1v) is 5.30. The van der Waals surface area contributed by atoms with Gasteiger partial charge in [0, 0.05) is 24.1 Å². The topological polar surface area (TPSA) is 46.2 Å². The van der Waals surface area contributed by atoms with E-state index in [-0.39, 0.29) is 16.5 Å².